The summed E-state index contributed by atoms with van der Waals surface area (Å²) in [6, 6.07) is 0. The van der Waals surface area contributed by atoms with Crippen LogP contribution in [0.15, 0.2) is 48.6 Å². The van der Waals surface area contributed by atoms with Crippen molar-refractivity contribution in [3.63, 3.8) is 0 Å². The number of rotatable bonds is 38. The number of unbranched alkanes of at least 4 members (excludes halogenated alkanes) is 14. The quantitative estimate of drug-likeness (QED) is 0.0206. The van der Waals surface area contributed by atoms with E-state index in [2.05, 4.69) is 49.5 Å². The molecule has 0 aliphatic carbocycles. The molecule has 3 atom stereocenters. The first kappa shape index (κ1) is 52.9. The average Bonchev–Trinajstić information content (AvgIpc) is 3.11. The number of carbonyl (C=O) groups is 2. The van der Waals surface area contributed by atoms with Crippen molar-refractivity contribution in [3.8, 4) is 0 Å². The van der Waals surface area contributed by atoms with Crippen molar-refractivity contribution in [1.82, 2.24) is 0 Å². The monoisotopic (exact) mass is 799 g/mol. The Morgan fingerprint density at radius 1 is 0.636 bits per heavy atom. The van der Waals surface area contributed by atoms with E-state index in [-0.39, 0.29) is 38.1 Å². The minimum Gasteiger partial charge on any atom is -0.462 e. The van der Waals surface area contributed by atoms with Gasteiger partial charge in [-0.15, -0.1) is 0 Å². The molecule has 0 radical (unpaired) electrons. The third-order valence-electron chi connectivity index (χ3n) is 8.88. The summed E-state index contributed by atoms with van der Waals surface area (Å²) in [5.74, 6) is -0.881. The second kappa shape index (κ2) is 36.3. The Bertz CT molecular complexity index is 1100. The number of hydrogen-bond acceptors (Lipinski definition) is 8. The smallest absolute Gasteiger partial charge is 0.462 e. The summed E-state index contributed by atoms with van der Waals surface area (Å²) in [5, 5.41) is 9.27. The highest BCUT2D eigenvalue weighted by molar-refractivity contribution is 7.47. The van der Waals surface area contributed by atoms with Crippen molar-refractivity contribution in [2.24, 2.45) is 0 Å². The maximum Gasteiger partial charge on any atom is 0.472 e. The molecule has 320 valence electrons. The van der Waals surface area contributed by atoms with Gasteiger partial charge in [-0.3, -0.25) is 18.6 Å². The second-order valence-electron chi connectivity index (χ2n) is 15.7. The Kier molecular flexibility index (Phi) is 34.9. The molecule has 2 N–H and O–H groups in total. The molecule has 0 bridgehead atoms. The van der Waals surface area contributed by atoms with Crippen LogP contribution in [0, 0.1) is 0 Å². The Balaban J connectivity index is 4.48. The van der Waals surface area contributed by atoms with E-state index < -0.39 is 26.5 Å². The lowest BCUT2D eigenvalue weighted by atomic mass is 10.0. The number of aliphatic hydroxyl groups excluding tert-OH is 1. The van der Waals surface area contributed by atoms with Gasteiger partial charge in [0, 0.05) is 12.8 Å². The van der Waals surface area contributed by atoms with Crippen LogP contribution in [0.25, 0.3) is 0 Å². The lowest BCUT2D eigenvalue weighted by Gasteiger charge is -2.24. The van der Waals surface area contributed by atoms with Crippen LogP contribution in [-0.4, -0.2) is 86.1 Å². The van der Waals surface area contributed by atoms with Crippen molar-refractivity contribution < 1.29 is 47.2 Å². The molecule has 55 heavy (non-hydrogen) atoms. The van der Waals surface area contributed by atoms with Gasteiger partial charge in [0.25, 0.3) is 0 Å². The fourth-order valence-electron chi connectivity index (χ4n) is 5.49. The molecule has 0 aromatic rings. The minimum absolute atomic E-state index is 0.0152. The number of hydrogen-bond donors (Lipinski definition) is 2. The van der Waals surface area contributed by atoms with Gasteiger partial charge >= 0.3 is 19.8 Å². The number of carbonyl (C=O) groups excluding carboxylic acids is 2. The van der Waals surface area contributed by atoms with Gasteiger partial charge in [0.1, 0.15) is 19.8 Å². The molecule has 10 nitrogen and oxygen atoms in total. The summed E-state index contributed by atoms with van der Waals surface area (Å²) in [4.78, 5) is 35.3. The van der Waals surface area contributed by atoms with Crippen LogP contribution in [0.1, 0.15) is 162 Å². The summed E-state index contributed by atoms with van der Waals surface area (Å²) in [7, 11) is 1.42. The first-order chi connectivity index (χ1) is 26.3. The predicted molar refractivity (Wildman–Crippen MR) is 226 cm³/mol. The van der Waals surface area contributed by atoms with Crippen LogP contribution < -0.4 is 0 Å². The molecule has 0 amide bonds. The van der Waals surface area contributed by atoms with Crippen LogP contribution in [0.2, 0.25) is 0 Å². The van der Waals surface area contributed by atoms with E-state index in [4.69, 9.17) is 18.5 Å². The Morgan fingerprint density at radius 3 is 1.62 bits per heavy atom. The second-order valence-corrected chi connectivity index (χ2v) is 17.1. The van der Waals surface area contributed by atoms with Crippen LogP contribution in [0.3, 0.4) is 0 Å². The van der Waals surface area contributed by atoms with Gasteiger partial charge in [-0.2, -0.15) is 0 Å². The fraction of sp³-hybridized carbons (Fsp3) is 0.773. The molecular weight excluding hydrogens is 717 g/mol. The average molecular weight is 799 g/mol. The van der Waals surface area contributed by atoms with E-state index in [1.54, 1.807) is 0 Å². The molecule has 0 aliphatic heterocycles. The lowest BCUT2D eigenvalue weighted by Crippen LogP contribution is -2.37. The van der Waals surface area contributed by atoms with Crippen molar-refractivity contribution >= 4 is 19.8 Å². The maximum absolute atomic E-state index is 12.6. The Morgan fingerprint density at radius 2 is 1.11 bits per heavy atom. The van der Waals surface area contributed by atoms with Crippen LogP contribution >= 0.6 is 7.82 Å². The van der Waals surface area contributed by atoms with Gasteiger partial charge in [-0.25, -0.2) is 4.57 Å². The highest BCUT2D eigenvalue weighted by Gasteiger charge is 2.27. The van der Waals surface area contributed by atoms with E-state index in [1.807, 2.05) is 34.1 Å². The van der Waals surface area contributed by atoms with Crippen LogP contribution in [-0.2, 0) is 32.7 Å². The van der Waals surface area contributed by atoms with Gasteiger partial charge < -0.3 is 24.0 Å². The number of esters is 2. The number of allylic oxidation sites excluding steroid dienone is 8. The van der Waals surface area contributed by atoms with Crippen LogP contribution in [0.4, 0.5) is 0 Å². The SMILES string of the molecule is CCCCCCCCCCCCCCCC(=O)OC[C@H](COP(=O)(O)OCC[N+](C)(C)C)OC(=O)CCC/C=C\C/C=C\C/C=C\C/C=C\CCC[C@H](C)O. The van der Waals surface area contributed by atoms with E-state index in [1.165, 1.54) is 64.2 Å². The Labute approximate surface area is 336 Å². The van der Waals surface area contributed by atoms with Gasteiger partial charge in [0.15, 0.2) is 6.10 Å². The first-order valence-corrected chi connectivity index (χ1v) is 22.9. The fourth-order valence-corrected chi connectivity index (χ4v) is 6.24. The predicted octanol–water partition coefficient (Wildman–Crippen LogP) is 10.9. The molecule has 0 aromatic carbocycles. The van der Waals surface area contributed by atoms with Crippen molar-refractivity contribution in [2.75, 3.05) is 47.5 Å². The lowest BCUT2D eigenvalue weighted by molar-refractivity contribution is -0.870. The molecule has 0 spiro atoms. The van der Waals surface area contributed by atoms with E-state index in [9.17, 15) is 24.2 Å². The highest BCUT2D eigenvalue weighted by atomic mass is 31.2. The molecule has 0 rings (SSSR count). The molecule has 11 heteroatoms. The normalized spacial score (nSPS) is 14.7. The third kappa shape index (κ3) is 41.4. The molecule has 0 saturated carbocycles. The number of ether oxygens (including phenoxy) is 2. The Hall–Kier alpha value is -2.07. The van der Waals surface area contributed by atoms with Gasteiger partial charge in [0.2, 0.25) is 0 Å². The maximum atomic E-state index is 12.6. The zero-order valence-corrected chi connectivity index (χ0v) is 36.4. The van der Waals surface area contributed by atoms with Crippen molar-refractivity contribution in [1.29, 1.82) is 0 Å². The molecular formula is C44H81NO9P+. The number of aliphatic hydroxyl groups is 1. The van der Waals surface area contributed by atoms with Crippen molar-refractivity contribution in [3.05, 3.63) is 48.6 Å². The summed E-state index contributed by atoms with van der Waals surface area (Å²) >= 11 is 0. The van der Waals surface area contributed by atoms with E-state index >= 15 is 0 Å². The van der Waals surface area contributed by atoms with Gasteiger partial charge in [-0.05, 0) is 64.7 Å². The van der Waals surface area contributed by atoms with E-state index in [0.717, 1.165) is 57.8 Å². The molecule has 0 aliphatic rings. The first-order valence-electron chi connectivity index (χ1n) is 21.4. The number of likely N-dealkylation sites (N-methyl/N-ethyl adjacent to an activating group) is 1. The summed E-state index contributed by atoms with van der Waals surface area (Å²) in [6.45, 7) is 3.89. The van der Waals surface area contributed by atoms with Gasteiger partial charge in [0.05, 0.1) is 33.9 Å². The molecule has 0 aromatic heterocycles. The zero-order chi connectivity index (χ0) is 40.9. The molecule has 0 fully saturated rings. The van der Waals surface area contributed by atoms with Crippen LogP contribution in [0.5, 0.6) is 0 Å². The number of quaternary nitrogens is 1. The topological polar surface area (TPSA) is 129 Å². The summed E-state index contributed by atoms with van der Waals surface area (Å²) in [5.41, 5.74) is 0. The molecule has 1 unspecified atom stereocenters. The highest BCUT2D eigenvalue weighted by Crippen LogP contribution is 2.43. The van der Waals surface area contributed by atoms with Crippen molar-refractivity contribution in [2.45, 2.75) is 174 Å². The van der Waals surface area contributed by atoms with Gasteiger partial charge in [-0.1, -0.05) is 133 Å². The number of phosphoric acid groups is 1. The molecule has 0 heterocycles. The molecule has 0 saturated heterocycles. The minimum atomic E-state index is -4.39. The standard InChI is InChI=1S/C44H80NO9P/c1-6-7-8-9-10-11-12-16-20-23-26-29-32-35-43(47)51-39-42(40-53-55(49,50)52-38-37-45(3,4)5)54-44(48)36-33-30-27-24-21-18-15-13-14-17-19-22-25-28-31-34-41(2)46/h14-15,17-18,22,24-25,27,41-42,46H,6-13,16,19-21,23,26,28-40H2,1-5H3/p+1/b17-14-,18-15-,25-22-,27-24-/t41-,42+/m0/s1. The van der Waals surface area contributed by atoms with E-state index in [0.29, 0.717) is 23.9 Å². The largest absolute Gasteiger partial charge is 0.472 e. The third-order valence-corrected chi connectivity index (χ3v) is 9.86. The number of phosphoric ester groups is 1. The number of nitrogens with zero attached hydrogens (tertiary/aromatic N) is 1. The summed E-state index contributed by atoms with van der Waals surface area (Å²) in [6.07, 6.45) is 38.7. The summed E-state index contributed by atoms with van der Waals surface area (Å²) < 4.78 is 34.2. The zero-order valence-electron chi connectivity index (χ0n) is 35.5.